The van der Waals surface area contributed by atoms with Crippen LogP contribution in [0.2, 0.25) is 0 Å². The standard InChI is InChI=1S/C21H28FNO3/c1-13-6-8-16(9-7-13)26-20-11-17(14(2)10-18(20)22)21(25)23-19-5-3-4-15(19)12-24/h10-13,15-16,19H,3-9H2,1-2H3,(H,23,25)/t13-,15-,16+,19-/m1/s1. The summed E-state index contributed by atoms with van der Waals surface area (Å²) >= 11 is 0. The Hall–Kier alpha value is -1.91. The fourth-order valence-corrected chi connectivity index (χ4v) is 4.09. The van der Waals surface area contributed by atoms with E-state index in [0.29, 0.717) is 17.0 Å². The third kappa shape index (κ3) is 4.25. The highest BCUT2D eigenvalue weighted by molar-refractivity contribution is 5.96. The molecule has 2 saturated carbocycles. The highest BCUT2D eigenvalue weighted by Gasteiger charge is 2.29. The largest absolute Gasteiger partial charge is 0.487 e. The molecule has 0 unspecified atom stereocenters. The van der Waals surface area contributed by atoms with Crippen molar-refractivity contribution in [1.29, 1.82) is 0 Å². The molecule has 0 spiro atoms. The summed E-state index contributed by atoms with van der Waals surface area (Å²) in [5, 5.41) is 2.94. The number of rotatable bonds is 5. The lowest BCUT2D eigenvalue weighted by Crippen LogP contribution is -2.38. The number of amides is 1. The summed E-state index contributed by atoms with van der Waals surface area (Å²) in [5.74, 6) is 0.0298. The van der Waals surface area contributed by atoms with Crippen molar-refractivity contribution in [2.24, 2.45) is 11.8 Å². The van der Waals surface area contributed by atoms with E-state index >= 15 is 0 Å². The van der Waals surface area contributed by atoms with Crippen molar-refractivity contribution in [2.75, 3.05) is 0 Å². The molecule has 1 aromatic carbocycles. The molecule has 2 aliphatic rings. The first-order valence-electron chi connectivity index (χ1n) is 9.71. The van der Waals surface area contributed by atoms with Gasteiger partial charge >= 0.3 is 0 Å². The lowest BCUT2D eigenvalue weighted by molar-refractivity contribution is -0.111. The highest BCUT2D eigenvalue weighted by atomic mass is 19.1. The van der Waals surface area contributed by atoms with Crippen LogP contribution in [0.4, 0.5) is 4.39 Å². The van der Waals surface area contributed by atoms with E-state index in [9.17, 15) is 14.0 Å². The number of carbonyl (C=O) groups excluding carboxylic acids is 2. The Kier molecular flexibility index (Phi) is 5.94. The smallest absolute Gasteiger partial charge is 0.251 e. The molecule has 5 heteroatoms. The molecule has 2 atom stereocenters. The maximum Gasteiger partial charge on any atom is 0.251 e. The molecule has 142 valence electrons. The van der Waals surface area contributed by atoms with Crippen molar-refractivity contribution >= 4 is 12.2 Å². The monoisotopic (exact) mass is 361 g/mol. The van der Waals surface area contributed by atoms with Crippen LogP contribution in [0.15, 0.2) is 12.1 Å². The van der Waals surface area contributed by atoms with Crippen LogP contribution in [-0.4, -0.2) is 24.3 Å². The molecule has 0 heterocycles. The van der Waals surface area contributed by atoms with Gasteiger partial charge in [-0.1, -0.05) is 13.3 Å². The number of carbonyl (C=O) groups is 2. The minimum absolute atomic E-state index is 0.00796. The van der Waals surface area contributed by atoms with Crippen molar-refractivity contribution in [2.45, 2.75) is 70.9 Å². The average Bonchev–Trinajstić information content (AvgIpc) is 3.06. The van der Waals surface area contributed by atoms with E-state index in [1.165, 1.54) is 12.1 Å². The Morgan fingerprint density at radius 2 is 1.92 bits per heavy atom. The molecule has 2 aliphatic carbocycles. The number of hydrogen-bond donors (Lipinski definition) is 1. The second-order valence-electron chi connectivity index (χ2n) is 7.91. The molecular formula is C21H28FNO3. The fourth-order valence-electron chi connectivity index (χ4n) is 4.09. The zero-order valence-corrected chi connectivity index (χ0v) is 15.6. The average molecular weight is 361 g/mol. The molecule has 0 saturated heterocycles. The van der Waals surface area contributed by atoms with Crippen molar-refractivity contribution in [1.82, 2.24) is 5.32 Å². The normalized spacial score (nSPS) is 28.6. The molecule has 0 bridgehead atoms. The van der Waals surface area contributed by atoms with Gasteiger partial charge in [0.2, 0.25) is 0 Å². The summed E-state index contributed by atoms with van der Waals surface area (Å²) in [6, 6.07) is 2.75. The fraction of sp³-hybridized carbons (Fsp3) is 0.619. The van der Waals surface area contributed by atoms with Gasteiger partial charge in [-0.05, 0) is 69.1 Å². The summed E-state index contributed by atoms with van der Waals surface area (Å²) in [7, 11) is 0. The first kappa shape index (κ1) is 18.9. The Balaban J connectivity index is 1.72. The molecule has 1 amide bonds. The maximum atomic E-state index is 14.3. The minimum Gasteiger partial charge on any atom is -0.487 e. The summed E-state index contributed by atoms with van der Waals surface area (Å²) < 4.78 is 20.2. The van der Waals surface area contributed by atoms with Crippen LogP contribution in [0, 0.1) is 24.6 Å². The summed E-state index contributed by atoms with van der Waals surface area (Å²) in [4.78, 5) is 23.8. The first-order chi connectivity index (χ1) is 12.5. The van der Waals surface area contributed by atoms with Gasteiger partial charge in [0.15, 0.2) is 11.6 Å². The van der Waals surface area contributed by atoms with Crippen molar-refractivity contribution in [3.8, 4) is 5.75 Å². The Morgan fingerprint density at radius 3 is 2.62 bits per heavy atom. The molecule has 4 nitrogen and oxygen atoms in total. The van der Waals surface area contributed by atoms with E-state index in [0.717, 1.165) is 51.2 Å². The van der Waals surface area contributed by atoms with E-state index in [2.05, 4.69) is 12.2 Å². The van der Waals surface area contributed by atoms with E-state index < -0.39 is 5.82 Å². The van der Waals surface area contributed by atoms with E-state index in [4.69, 9.17) is 4.74 Å². The van der Waals surface area contributed by atoms with Gasteiger partial charge in [-0.3, -0.25) is 4.79 Å². The van der Waals surface area contributed by atoms with Gasteiger partial charge in [0.05, 0.1) is 6.10 Å². The van der Waals surface area contributed by atoms with Crippen LogP contribution in [0.3, 0.4) is 0 Å². The van der Waals surface area contributed by atoms with E-state index in [-0.39, 0.29) is 29.7 Å². The Bertz CT molecular complexity index is 667. The van der Waals surface area contributed by atoms with Crippen LogP contribution in [0.5, 0.6) is 5.75 Å². The van der Waals surface area contributed by atoms with Crippen LogP contribution in [-0.2, 0) is 4.79 Å². The number of aryl methyl sites for hydroxylation is 1. The van der Waals surface area contributed by atoms with Gasteiger partial charge in [-0.25, -0.2) is 4.39 Å². The first-order valence-corrected chi connectivity index (χ1v) is 9.71. The predicted molar refractivity (Wildman–Crippen MR) is 97.8 cm³/mol. The van der Waals surface area contributed by atoms with Crippen LogP contribution in [0.25, 0.3) is 0 Å². The van der Waals surface area contributed by atoms with Gasteiger partial charge in [0.25, 0.3) is 5.91 Å². The maximum absolute atomic E-state index is 14.3. The third-order valence-electron chi connectivity index (χ3n) is 5.84. The van der Waals surface area contributed by atoms with E-state index in [1.54, 1.807) is 6.92 Å². The molecule has 0 radical (unpaired) electrons. The second-order valence-corrected chi connectivity index (χ2v) is 7.91. The Labute approximate surface area is 154 Å². The van der Waals surface area contributed by atoms with Gasteiger partial charge in [-0.2, -0.15) is 0 Å². The molecule has 0 aliphatic heterocycles. The van der Waals surface area contributed by atoms with Gasteiger partial charge < -0.3 is 14.8 Å². The van der Waals surface area contributed by atoms with Gasteiger partial charge in [0.1, 0.15) is 6.29 Å². The lowest BCUT2D eigenvalue weighted by atomic mass is 9.89. The Morgan fingerprint density at radius 1 is 1.19 bits per heavy atom. The molecule has 3 rings (SSSR count). The predicted octanol–water partition coefficient (Wildman–Crippen LogP) is 4.19. The second kappa shape index (κ2) is 8.19. The highest BCUT2D eigenvalue weighted by Crippen LogP contribution is 2.30. The molecule has 1 N–H and O–H groups in total. The van der Waals surface area contributed by atoms with Crippen LogP contribution in [0.1, 0.15) is 67.8 Å². The number of halogens is 1. The molecular weight excluding hydrogens is 333 g/mol. The summed E-state index contributed by atoms with van der Waals surface area (Å²) in [5.41, 5.74) is 0.993. The van der Waals surface area contributed by atoms with Crippen molar-refractivity contribution < 1.29 is 18.7 Å². The van der Waals surface area contributed by atoms with Crippen LogP contribution < -0.4 is 10.1 Å². The quantitative estimate of drug-likeness (QED) is 0.800. The van der Waals surface area contributed by atoms with Crippen molar-refractivity contribution in [3.05, 3.63) is 29.1 Å². The topological polar surface area (TPSA) is 55.4 Å². The zero-order chi connectivity index (χ0) is 18.7. The molecule has 26 heavy (non-hydrogen) atoms. The number of nitrogens with one attached hydrogen (secondary N) is 1. The van der Waals surface area contributed by atoms with Crippen LogP contribution >= 0.6 is 0 Å². The number of hydrogen-bond acceptors (Lipinski definition) is 3. The number of ether oxygens (including phenoxy) is 1. The molecule has 2 fully saturated rings. The number of aldehydes is 1. The van der Waals surface area contributed by atoms with Gasteiger partial charge in [0, 0.05) is 17.5 Å². The van der Waals surface area contributed by atoms with Crippen molar-refractivity contribution in [3.63, 3.8) is 0 Å². The number of benzene rings is 1. The zero-order valence-electron chi connectivity index (χ0n) is 15.6. The van der Waals surface area contributed by atoms with Gasteiger partial charge in [-0.15, -0.1) is 0 Å². The molecule has 0 aromatic heterocycles. The molecule has 1 aromatic rings. The minimum atomic E-state index is -0.427. The lowest BCUT2D eigenvalue weighted by Gasteiger charge is -2.27. The third-order valence-corrected chi connectivity index (χ3v) is 5.84. The SMILES string of the molecule is Cc1cc(F)c(O[C@H]2CC[C@@H](C)CC2)cc1C(=O)N[C@@H]1CCC[C@@H]1C=O. The summed E-state index contributed by atoms with van der Waals surface area (Å²) in [6.45, 7) is 3.94. The summed E-state index contributed by atoms with van der Waals surface area (Å²) in [6.07, 6.45) is 7.48. The van der Waals surface area contributed by atoms with E-state index in [1.807, 2.05) is 0 Å².